The van der Waals surface area contributed by atoms with Crippen LogP contribution in [0.1, 0.15) is 40.0 Å². The largest absolute Gasteiger partial charge is 0.459 e. The minimum Gasteiger partial charge on any atom is -0.459 e. The first-order valence-electron chi connectivity index (χ1n) is 8.03. The Hall–Kier alpha value is -0.660. The van der Waals surface area contributed by atoms with Crippen molar-refractivity contribution in [3.8, 4) is 0 Å². The van der Waals surface area contributed by atoms with E-state index in [9.17, 15) is 13.2 Å². The van der Waals surface area contributed by atoms with Crippen LogP contribution in [0.15, 0.2) is 0 Å². The lowest BCUT2D eigenvalue weighted by molar-refractivity contribution is -0.171. The molecule has 7 heteroatoms. The molecule has 3 rings (SSSR count). The molecule has 3 fully saturated rings. The first kappa shape index (κ1) is 16.2. The van der Waals surface area contributed by atoms with Gasteiger partial charge in [-0.25, -0.2) is 0 Å². The molecule has 22 heavy (non-hydrogen) atoms. The standard InChI is InChI=1S/C15H24O6S/c1-4-15(3,8-19-5-2)14(16)20-12-9-6-10-11(7-9)22(17,18)21-13(10)12/h9-13H,4-8H2,1-3H3. The lowest BCUT2D eigenvalue weighted by atomic mass is 9.88. The average Bonchev–Trinajstić information content (AvgIpc) is 3.08. The number of fused-ring (bicyclic) bond motifs is 1. The number of carbonyl (C=O) groups excluding carboxylic acids is 1. The van der Waals surface area contributed by atoms with Gasteiger partial charge in [-0.3, -0.25) is 8.98 Å². The van der Waals surface area contributed by atoms with E-state index in [1.165, 1.54) is 0 Å². The predicted molar refractivity (Wildman–Crippen MR) is 78.6 cm³/mol. The fraction of sp³-hybridized carbons (Fsp3) is 0.933. The van der Waals surface area contributed by atoms with E-state index in [0.29, 0.717) is 26.1 Å². The van der Waals surface area contributed by atoms with E-state index >= 15 is 0 Å². The number of hydrogen-bond donors (Lipinski definition) is 0. The zero-order valence-electron chi connectivity index (χ0n) is 13.3. The Morgan fingerprint density at radius 1 is 1.32 bits per heavy atom. The molecule has 0 aromatic carbocycles. The van der Waals surface area contributed by atoms with Crippen molar-refractivity contribution in [3.63, 3.8) is 0 Å². The fourth-order valence-corrected chi connectivity index (χ4v) is 5.82. The molecule has 0 aromatic heterocycles. The average molecular weight is 332 g/mol. The van der Waals surface area contributed by atoms with Gasteiger partial charge in [0.1, 0.15) is 12.2 Å². The van der Waals surface area contributed by atoms with Crippen molar-refractivity contribution in [2.75, 3.05) is 13.2 Å². The smallest absolute Gasteiger partial charge is 0.314 e. The second kappa shape index (κ2) is 5.46. The van der Waals surface area contributed by atoms with Crippen LogP contribution in [0.4, 0.5) is 0 Å². The van der Waals surface area contributed by atoms with E-state index < -0.39 is 33.0 Å². The molecule has 0 amide bonds. The topological polar surface area (TPSA) is 78.9 Å². The van der Waals surface area contributed by atoms with Crippen molar-refractivity contribution < 1.29 is 26.9 Å². The van der Waals surface area contributed by atoms with Crippen LogP contribution < -0.4 is 0 Å². The summed E-state index contributed by atoms with van der Waals surface area (Å²) < 4.78 is 40.2. The van der Waals surface area contributed by atoms with Gasteiger partial charge in [-0.1, -0.05) is 6.92 Å². The lowest BCUT2D eigenvalue weighted by Crippen LogP contribution is -2.42. The van der Waals surface area contributed by atoms with E-state index in [1.807, 2.05) is 20.8 Å². The molecule has 2 saturated carbocycles. The first-order chi connectivity index (χ1) is 10.3. The van der Waals surface area contributed by atoms with Gasteiger partial charge in [0.2, 0.25) is 0 Å². The quantitative estimate of drug-likeness (QED) is 0.541. The summed E-state index contributed by atoms with van der Waals surface area (Å²) >= 11 is 0. The van der Waals surface area contributed by atoms with Crippen molar-refractivity contribution in [2.45, 2.75) is 57.5 Å². The summed E-state index contributed by atoms with van der Waals surface area (Å²) in [4.78, 5) is 12.6. The third-order valence-electron chi connectivity index (χ3n) is 5.55. The number of hydrogen-bond acceptors (Lipinski definition) is 6. The van der Waals surface area contributed by atoms with Crippen LogP contribution in [0.3, 0.4) is 0 Å². The minimum atomic E-state index is -3.47. The molecule has 2 aliphatic carbocycles. The van der Waals surface area contributed by atoms with Gasteiger partial charge in [-0.05, 0) is 33.1 Å². The van der Waals surface area contributed by atoms with Gasteiger partial charge in [-0.15, -0.1) is 0 Å². The maximum Gasteiger partial charge on any atom is 0.314 e. The monoisotopic (exact) mass is 332 g/mol. The normalized spacial score (nSPS) is 40.6. The highest BCUT2D eigenvalue weighted by atomic mass is 32.2. The van der Waals surface area contributed by atoms with E-state index in [2.05, 4.69) is 0 Å². The van der Waals surface area contributed by atoms with Gasteiger partial charge >= 0.3 is 5.97 Å². The molecule has 0 spiro atoms. The molecule has 6 unspecified atom stereocenters. The molecule has 6 atom stereocenters. The van der Waals surface area contributed by atoms with E-state index in [-0.39, 0.29) is 17.8 Å². The first-order valence-corrected chi connectivity index (χ1v) is 9.50. The predicted octanol–water partition coefficient (Wildman–Crippen LogP) is 1.49. The van der Waals surface area contributed by atoms with Gasteiger partial charge in [0.25, 0.3) is 10.1 Å². The Kier molecular flexibility index (Phi) is 4.02. The van der Waals surface area contributed by atoms with Crippen LogP contribution in [0, 0.1) is 17.3 Å². The van der Waals surface area contributed by atoms with E-state index in [1.54, 1.807) is 0 Å². The van der Waals surface area contributed by atoms with Crippen molar-refractivity contribution in [1.29, 1.82) is 0 Å². The zero-order chi connectivity index (χ0) is 16.1. The maximum absolute atomic E-state index is 12.6. The van der Waals surface area contributed by atoms with E-state index in [4.69, 9.17) is 13.7 Å². The van der Waals surface area contributed by atoms with Gasteiger partial charge in [0, 0.05) is 18.4 Å². The van der Waals surface area contributed by atoms with E-state index in [0.717, 1.165) is 6.42 Å². The Morgan fingerprint density at radius 3 is 2.68 bits per heavy atom. The Labute approximate surface area is 131 Å². The zero-order valence-corrected chi connectivity index (χ0v) is 14.1. The summed E-state index contributed by atoms with van der Waals surface area (Å²) in [7, 11) is -3.47. The molecular weight excluding hydrogens is 308 g/mol. The van der Waals surface area contributed by atoms with Gasteiger partial charge in [0.05, 0.1) is 17.3 Å². The summed E-state index contributed by atoms with van der Waals surface area (Å²) in [6, 6.07) is 0. The van der Waals surface area contributed by atoms with Crippen LogP contribution in [0.2, 0.25) is 0 Å². The summed E-state index contributed by atoms with van der Waals surface area (Å²) in [6.07, 6.45) is 1.03. The van der Waals surface area contributed by atoms with Crippen LogP contribution in [0.25, 0.3) is 0 Å². The summed E-state index contributed by atoms with van der Waals surface area (Å²) in [6.45, 7) is 6.49. The molecule has 0 N–H and O–H groups in total. The summed E-state index contributed by atoms with van der Waals surface area (Å²) in [5, 5.41) is -0.390. The molecule has 0 aromatic rings. The van der Waals surface area contributed by atoms with Crippen LogP contribution >= 0.6 is 0 Å². The highest BCUT2D eigenvalue weighted by Crippen LogP contribution is 2.55. The molecular formula is C15H24O6S. The SMILES string of the molecule is CCOCC(C)(CC)C(=O)OC1C2CC3C1OS(=O)(=O)C3C2. The van der Waals surface area contributed by atoms with Crippen molar-refractivity contribution in [2.24, 2.45) is 17.3 Å². The molecule has 2 bridgehead atoms. The number of carbonyl (C=O) groups is 1. The highest BCUT2D eigenvalue weighted by molar-refractivity contribution is 7.87. The summed E-state index contributed by atoms with van der Waals surface area (Å²) in [5.74, 6) is -0.215. The third kappa shape index (κ3) is 2.37. The minimum absolute atomic E-state index is 0.00688. The molecule has 1 heterocycles. The molecule has 0 radical (unpaired) electrons. The third-order valence-corrected chi connectivity index (χ3v) is 7.33. The van der Waals surface area contributed by atoms with Crippen molar-refractivity contribution in [3.05, 3.63) is 0 Å². The van der Waals surface area contributed by atoms with Gasteiger partial charge < -0.3 is 9.47 Å². The molecule has 1 saturated heterocycles. The summed E-state index contributed by atoms with van der Waals surface area (Å²) in [5.41, 5.74) is -0.700. The number of rotatable bonds is 6. The molecule has 3 aliphatic rings. The lowest BCUT2D eigenvalue weighted by Gasteiger charge is -2.31. The maximum atomic E-state index is 12.6. The van der Waals surface area contributed by atoms with Crippen LogP contribution in [0.5, 0.6) is 0 Å². The Bertz CT molecular complexity index is 558. The number of ether oxygens (including phenoxy) is 2. The highest BCUT2D eigenvalue weighted by Gasteiger charge is 2.65. The fourth-order valence-electron chi connectivity index (χ4n) is 3.94. The second-order valence-corrected chi connectivity index (χ2v) is 8.69. The van der Waals surface area contributed by atoms with Gasteiger partial charge in [-0.2, -0.15) is 8.42 Å². The second-order valence-electron chi connectivity index (χ2n) is 6.91. The number of esters is 1. The van der Waals surface area contributed by atoms with Crippen LogP contribution in [-0.4, -0.2) is 45.1 Å². The van der Waals surface area contributed by atoms with Crippen molar-refractivity contribution in [1.82, 2.24) is 0 Å². The molecule has 6 nitrogen and oxygen atoms in total. The van der Waals surface area contributed by atoms with Gasteiger partial charge in [0.15, 0.2) is 0 Å². The van der Waals surface area contributed by atoms with Crippen molar-refractivity contribution >= 4 is 16.1 Å². The Morgan fingerprint density at radius 2 is 2.05 bits per heavy atom. The van der Waals surface area contributed by atoms with Crippen LogP contribution in [-0.2, 0) is 28.6 Å². The molecule has 1 aliphatic heterocycles. The molecule has 126 valence electrons. The Balaban J connectivity index is 1.71.